The first-order chi connectivity index (χ1) is 12.2. The molecule has 6 heteroatoms. The van der Waals surface area contributed by atoms with Crippen molar-refractivity contribution in [1.82, 2.24) is 20.4 Å². The quantitative estimate of drug-likeness (QED) is 0.906. The van der Waals surface area contributed by atoms with Crippen LogP contribution in [-0.4, -0.2) is 40.1 Å². The maximum absolute atomic E-state index is 12.2. The molecule has 1 amide bonds. The van der Waals surface area contributed by atoms with Gasteiger partial charge in [-0.2, -0.15) is 4.98 Å². The first kappa shape index (κ1) is 16.3. The van der Waals surface area contributed by atoms with Crippen molar-refractivity contribution in [2.75, 3.05) is 13.1 Å². The van der Waals surface area contributed by atoms with Gasteiger partial charge in [-0.25, -0.2) is 0 Å². The third kappa shape index (κ3) is 3.74. The molecular weight excluding hydrogens is 316 g/mol. The van der Waals surface area contributed by atoms with Crippen molar-refractivity contribution in [2.45, 2.75) is 44.7 Å². The molecule has 1 saturated heterocycles. The summed E-state index contributed by atoms with van der Waals surface area (Å²) in [7, 11) is 0. The van der Waals surface area contributed by atoms with Crippen LogP contribution in [0.3, 0.4) is 0 Å². The average molecular weight is 340 g/mol. The SMILES string of the molecule is C[C@H](c1nc(-c2ccccc2)no1)N1CCC(C(=O)NC2CC2)CC1. The topological polar surface area (TPSA) is 71.3 Å². The lowest BCUT2D eigenvalue weighted by atomic mass is 9.95. The predicted octanol–water partition coefficient (Wildman–Crippen LogP) is 2.79. The number of rotatable bonds is 5. The highest BCUT2D eigenvalue weighted by atomic mass is 16.5. The van der Waals surface area contributed by atoms with Gasteiger partial charge in [0.05, 0.1) is 6.04 Å². The molecule has 0 unspecified atom stereocenters. The van der Waals surface area contributed by atoms with Crippen molar-refractivity contribution in [3.8, 4) is 11.4 Å². The van der Waals surface area contributed by atoms with E-state index in [4.69, 9.17) is 4.52 Å². The zero-order valence-corrected chi connectivity index (χ0v) is 14.5. The molecular formula is C19H24N4O2. The van der Waals surface area contributed by atoms with E-state index in [2.05, 4.69) is 27.3 Å². The van der Waals surface area contributed by atoms with Crippen molar-refractivity contribution < 1.29 is 9.32 Å². The fourth-order valence-corrected chi connectivity index (χ4v) is 3.36. The number of likely N-dealkylation sites (tertiary alicyclic amines) is 1. The van der Waals surface area contributed by atoms with E-state index in [0.29, 0.717) is 17.8 Å². The summed E-state index contributed by atoms with van der Waals surface area (Å²) in [5.41, 5.74) is 0.958. The molecule has 1 aliphatic heterocycles. The van der Waals surface area contributed by atoms with Crippen molar-refractivity contribution in [2.24, 2.45) is 5.92 Å². The Morgan fingerprint density at radius 1 is 1.20 bits per heavy atom. The summed E-state index contributed by atoms with van der Waals surface area (Å²) in [6, 6.07) is 10.4. The fraction of sp³-hybridized carbons (Fsp3) is 0.526. The van der Waals surface area contributed by atoms with E-state index in [9.17, 15) is 4.79 Å². The molecule has 0 radical (unpaired) electrons. The second-order valence-electron chi connectivity index (χ2n) is 7.09. The normalized spacial score (nSPS) is 20.4. The number of hydrogen-bond donors (Lipinski definition) is 1. The average Bonchev–Trinajstić information content (AvgIpc) is 3.34. The molecule has 25 heavy (non-hydrogen) atoms. The predicted molar refractivity (Wildman–Crippen MR) is 93.6 cm³/mol. The van der Waals surface area contributed by atoms with Gasteiger partial charge in [0.1, 0.15) is 0 Å². The van der Waals surface area contributed by atoms with E-state index in [1.807, 2.05) is 30.3 Å². The van der Waals surface area contributed by atoms with Gasteiger partial charge < -0.3 is 9.84 Å². The molecule has 1 N–H and O–H groups in total. The van der Waals surface area contributed by atoms with Crippen LogP contribution in [0.1, 0.15) is 44.5 Å². The minimum atomic E-state index is 0.0670. The molecule has 1 aromatic heterocycles. The van der Waals surface area contributed by atoms with Crippen molar-refractivity contribution >= 4 is 5.91 Å². The summed E-state index contributed by atoms with van der Waals surface area (Å²) in [6.07, 6.45) is 4.07. The molecule has 1 aliphatic carbocycles. The molecule has 0 spiro atoms. The van der Waals surface area contributed by atoms with Gasteiger partial charge in [-0.05, 0) is 45.7 Å². The summed E-state index contributed by atoms with van der Waals surface area (Å²) in [4.78, 5) is 19.1. The number of piperidine rings is 1. The van der Waals surface area contributed by atoms with Gasteiger partial charge in [0, 0.05) is 17.5 Å². The van der Waals surface area contributed by atoms with Crippen molar-refractivity contribution in [3.63, 3.8) is 0 Å². The van der Waals surface area contributed by atoms with Crippen molar-refractivity contribution in [3.05, 3.63) is 36.2 Å². The van der Waals surface area contributed by atoms with Crippen LogP contribution >= 0.6 is 0 Å². The second kappa shape index (κ2) is 6.96. The van der Waals surface area contributed by atoms with Crippen LogP contribution < -0.4 is 5.32 Å². The van der Waals surface area contributed by atoms with E-state index < -0.39 is 0 Å². The minimum absolute atomic E-state index is 0.0670. The lowest BCUT2D eigenvalue weighted by Crippen LogP contribution is -2.42. The Hall–Kier alpha value is -2.21. The molecule has 6 nitrogen and oxygen atoms in total. The summed E-state index contributed by atoms with van der Waals surface area (Å²) in [5, 5.41) is 7.23. The zero-order chi connectivity index (χ0) is 17.2. The zero-order valence-electron chi connectivity index (χ0n) is 14.5. The third-order valence-corrected chi connectivity index (χ3v) is 5.20. The van der Waals surface area contributed by atoms with E-state index >= 15 is 0 Å². The number of nitrogens with zero attached hydrogens (tertiary/aromatic N) is 3. The number of carbonyl (C=O) groups is 1. The number of carbonyl (C=O) groups excluding carboxylic acids is 1. The van der Waals surface area contributed by atoms with Gasteiger partial charge in [-0.1, -0.05) is 35.5 Å². The van der Waals surface area contributed by atoms with Gasteiger partial charge in [-0.15, -0.1) is 0 Å². The monoisotopic (exact) mass is 340 g/mol. The maximum Gasteiger partial charge on any atom is 0.244 e. The molecule has 1 aromatic carbocycles. The summed E-state index contributed by atoms with van der Waals surface area (Å²) in [5.74, 6) is 1.64. The molecule has 132 valence electrons. The van der Waals surface area contributed by atoms with Crippen LogP contribution in [0.2, 0.25) is 0 Å². The first-order valence-corrected chi connectivity index (χ1v) is 9.14. The summed E-state index contributed by atoms with van der Waals surface area (Å²) >= 11 is 0. The fourth-order valence-electron chi connectivity index (χ4n) is 3.36. The molecule has 0 bridgehead atoms. The van der Waals surface area contributed by atoms with Gasteiger partial charge in [-0.3, -0.25) is 9.69 Å². The standard InChI is InChI=1S/C19H24N4O2/c1-13(19-21-17(22-25-19)14-5-3-2-4-6-14)23-11-9-15(10-12-23)18(24)20-16-7-8-16/h2-6,13,15-16H,7-12H2,1H3,(H,20,24)/t13-/m1/s1. The van der Waals surface area contributed by atoms with Crippen LogP contribution in [0.15, 0.2) is 34.9 Å². The van der Waals surface area contributed by atoms with E-state index in [1.54, 1.807) is 0 Å². The third-order valence-electron chi connectivity index (χ3n) is 5.20. The number of nitrogens with one attached hydrogen (secondary N) is 1. The number of aromatic nitrogens is 2. The smallest absolute Gasteiger partial charge is 0.244 e. The molecule has 2 aliphatic rings. The minimum Gasteiger partial charge on any atom is -0.353 e. The van der Waals surface area contributed by atoms with Gasteiger partial charge in [0.15, 0.2) is 0 Å². The van der Waals surface area contributed by atoms with E-state index in [-0.39, 0.29) is 17.9 Å². The lowest BCUT2D eigenvalue weighted by Gasteiger charge is -2.33. The highest BCUT2D eigenvalue weighted by Gasteiger charge is 2.32. The van der Waals surface area contributed by atoms with Crippen LogP contribution in [0.25, 0.3) is 11.4 Å². The van der Waals surface area contributed by atoms with Crippen LogP contribution in [0, 0.1) is 5.92 Å². The Bertz CT molecular complexity index is 718. The van der Waals surface area contributed by atoms with E-state index in [0.717, 1.165) is 44.3 Å². The van der Waals surface area contributed by atoms with Gasteiger partial charge >= 0.3 is 0 Å². The molecule has 1 atom stereocenters. The van der Waals surface area contributed by atoms with Crippen LogP contribution in [-0.2, 0) is 4.79 Å². The van der Waals surface area contributed by atoms with Gasteiger partial charge in [0.2, 0.25) is 17.6 Å². The van der Waals surface area contributed by atoms with Crippen molar-refractivity contribution in [1.29, 1.82) is 0 Å². The molecule has 1 saturated carbocycles. The van der Waals surface area contributed by atoms with E-state index in [1.165, 1.54) is 0 Å². The van der Waals surface area contributed by atoms with Crippen LogP contribution in [0.5, 0.6) is 0 Å². The number of benzene rings is 1. The second-order valence-corrected chi connectivity index (χ2v) is 7.09. The highest BCUT2D eigenvalue weighted by Crippen LogP contribution is 2.28. The lowest BCUT2D eigenvalue weighted by molar-refractivity contribution is -0.126. The molecule has 2 fully saturated rings. The van der Waals surface area contributed by atoms with Crippen LogP contribution in [0.4, 0.5) is 0 Å². The Balaban J connectivity index is 1.35. The first-order valence-electron chi connectivity index (χ1n) is 9.14. The summed E-state index contributed by atoms with van der Waals surface area (Å²) in [6.45, 7) is 3.85. The Morgan fingerprint density at radius 2 is 1.92 bits per heavy atom. The Kier molecular flexibility index (Phi) is 4.53. The number of amides is 1. The Morgan fingerprint density at radius 3 is 2.60 bits per heavy atom. The van der Waals surface area contributed by atoms with Gasteiger partial charge in [0.25, 0.3) is 0 Å². The number of hydrogen-bond acceptors (Lipinski definition) is 5. The molecule has 2 aromatic rings. The molecule has 2 heterocycles. The highest BCUT2D eigenvalue weighted by molar-refractivity contribution is 5.79. The largest absolute Gasteiger partial charge is 0.353 e. The Labute approximate surface area is 147 Å². The maximum atomic E-state index is 12.2. The molecule has 4 rings (SSSR count). The summed E-state index contributed by atoms with van der Waals surface area (Å²) < 4.78 is 5.49.